The third-order valence-electron chi connectivity index (χ3n) is 4.84. The van der Waals surface area contributed by atoms with E-state index in [1.54, 1.807) is 24.3 Å². The van der Waals surface area contributed by atoms with E-state index < -0.39 is 17.9 Å². The monoisotopic (exact) mass is 425 g/mol. The first-order valence-electron chi connectivity index (χ1n) is 10.4. The van der Waals surface area contributed by atoms with Crippen LogP contribution in [0.3, 0.4) is 0 Å². The Bertz CT molecular complexity index is 866. The first-order chi connectivity index (χ1) is 14.8. The summed E-state index contributed by atoms with van der Waals surface area (Å²) in [6, 6.07) is 15.3. The molecule has 0 saturated carbocycles. The van der Waals surface area contributed by atoms with Gasteiger partial charge in [0.05, 0.1) is 13.0 Å². The molecule has 0 aliphatic rings. The molecule has 0 saturated heterocycles. The van der Waals surface area contributed by atoms with Gasteiger partial charge >= 0.3 is 12.0 Å². The summed E-state index contributed by atoms with van der Waals surface area (Å²) in [5.74, 6) is -0.800. The van der Waals surface area contributed by atoms with E-state index >= 15 is 0 Å². The maximum absolute atomic E-state index is 12.9. The Balaban J connectivity index is 2.08. The summed E-state index contributed by atoms with van der Waals surface area (Å²) in [4.78, 5) is 37.0. The molecule has 7 heteroatoms. The molecule has 2 atom stereocenters. The molecule has 7 nitrogen and oxygen atoms in total. The molecule has 2 aromatic carbocycles. The molecule has 31 heavy (non-hydrogen) atoms. The molecule has 0 aromatic heterocycles. The predicted molar refractivity (Wildman–Crippen MR) is 122 cm³/mol. The Morgan fingerprint density at radius 3 is 2.00 bits per heavy atom. The van der Waals surface area contributed by atoms with Gasteiger partial charge in [-0.05, 0) is 48.6 Å². The number of para-hydroxylation sites is 1. The summed E-state index contributed by atoms with van der Waals surface area (Å²) < 4.78 is 4.77. The van der Waals surface area contributed by atoms with Gasteiger partial charge in [0.25, 0.3) is 0 Å². The van der Waals surface area contributed by atoms with Crippen LogP contribution >= 0.6 is 0 Å². The van der Waals surface area contributed by atoms with Crippen molar-refractivity contribution in [2.75, 3.05) is 17.7 Å². The highest BCUT2D eigenvalue weighted by molar-refractivity contribution is 5.99. The van der Waals surface area contributed by atoms with Gasteiger partial charge in [-0.3, -0.25) is 4.79 Å². The van der Waals surface area contributed by atoms with Crippen molar-refractivity contribution >= 4 is 29.3 Å². The van der Waals surface area contributed by atoms with E-state index in [2.05, 4.69) is 16.0 Å². The zero-order chi connectivity index (χ0) is 22.8. The number of anilines is 2. The Morgan fingerprint density at radius 2 is 1.48 bits per heavy atom. The summed E-state index contributed by atoms with van der Waals surface area (Å²) in [6.07, 6.45) is 1.08. The van der Waals surface area contributed by atoms with Crippen LogP contribution in [-0.2, 0) is 14.3 Å². The van der Waals surface area contributed by atoms with Gasteiger partial charge in [-0.2, -0.15) is 0 Å². The quantitative estimate of drug-likeness (QED) is 0.514. The third-order valence-corrected chi connectivity index (χ3v) is 4.84. The van der Waals surface area contributed by atoms with Crippen LogP contribution < -0.4 is 16.0 Å². The minimum Gasteiger partial charge on any atom is -0.467 e. The molecule has 0 aliphatic heterocycles. The SMILES string of the molecule is CCC(NC(=O)C(CC(C)C)c1ccc(NC(=O)Nc2ccccc2)cc1)C(=O)OC. The number of hydrogen-bond donors (Lipinski definition) is 3. The van der Waals surface area contributed by atoms with Crippen LogP contribution in [0.1, 0.15) is 45.1 Å². The lowest BCUT2D eigenvalue weighted by molar-refractivity contribution is -0.145. The molecule has 2 rings (SSSR count). The fourth-order valence-corrected chi connectivity index (χ4v) is 3.22. The average molecular weight is 426 g/mol. The Morgan fingerprint density at radius 1 is 0.903 bits per heavy atom. The number of hydrogen-bond acceptors (Lipinski definition) is 4. The van der Waals surface area contributed by atoms with E-state index in [-0.39, 0.29) is 17.9 Å². The van der Waals surface area contributed by atoms with Gasteiger partial charge in [-0.15, -0.1) is 0 Å². The molecule has 0 fully saturated rings. The molecule has 0 radical (unpaired) electrons. The van der Waals surface area contributed by atoms with Crippen molar-refractivity contribution in [3.05, 3.63) is 60.2 Å². The van der Waals surface area contributed by atoms with Gasteiger partial charge < -0.3 is 20.7 Å². The average Bonchev–Trinajstić information content (AvgIpc) is 2.76. The lowest BCUT2D eigenvalue weighted by Gasteiger charge is -2.22. The number of benzene rings is 2. The Hall–Kier alpha value is -3.35. The molecule has 3 amide bonds. The van der Waals surface area contributed by atoms with Crippen LogP contribution in [0.15, 0.2) is 54.6 Å². The van der Waals surface area contributed by atoms with Crippen molar-refractivity contribution < 1.29 is 19.1 Å². The van der Waals surface area contributed by atoms with Crippen molar-refractivity contribution in [2.45, 2.75) is 45.6 Å². The van der Waals surface area contributed by atoms with Crippen LogP contribution in [0.2, 0.25) is 0 Å². The van der Waals surface area contributed by atoms with Crippen LogP contribution in [0.25, 0.3) is 0 Å². The number of carbonyl (C=O) groups is 3. The molecule has 0 heterocycles. The zero-order valence-corrected chi connectivity index (χ0v) is 18.5. The predicted octanol–water partition coefficient (Wildman–Crippen LogP) is 4.53. The van der Waals surface area contributed by atoms with E-state index in [4.69, 9.17) is 4.74 Å². The molecule has 2 unspecified atom stereocenters. The second kappa shape index (κ2) is 11.7. The smallest absolute Gasteiger partial charge is 0.328 e. The van der Waals surface area contributed by atoms with Gasteiger partial charge in [0, 0.05) is 11.4 Å². The highest BCUT2D eigenvalue weighted by atomic mass is 16.5. The van der Waals surface area contributed by atoms with Crippen molar-refractivity contribution in [1.29, 1.82) is 0 Å². The third kappa shape index (κ3) is 7.44. The standard InChI is InChI=1S/C24H31N3O4/c1-5-21(23(29)31-4)27-22(28)20(15-16(2)3)17-11-13-19(14-12-17)26-24(30)25-18-9-7-6-8-10-18/h6-14,16,20-21H,5,15H2,1-4H3,(H,27,28)(H2,25,26,30). The van der Waals surface area contributed by atoms with Gasteiger partial charge in [-0.25, -0.2) is 9.59 Å². The maximum atomic E-state index is 12.9. The number of ether oxygens (including phenoxy) is 1. The normalized spacial score (nSPS) is 12.5. The van der Waals surface area contributed by atoms with Crippen molar-refractivity contribution in [3.8, 4) is 0 Å². The fraction of sp³-hybridized carbons (Fsp3) is 0.375. The van der Waals surface area contributed by atoms with E-state index in [1.165, 1.54) is 7.11 Å². The van der Waals surface area contributed by atoms with Crippen LogP contribution in [-0.4, -0.2) is 31.1 Å². The molecular formula is C24H31N3O4. The lowest BCUT2D eigenvalue weighted by atomic mass is 9.89. The number of rotatable bonds is 9. The number of methoxy groups -OCH3 is 1. The first kappa shape index (κ1) is 23.9. The molecule has 0 spiro atoms. The molecule has 166 valence electrons. The summed E-state index contributed by atoms with van der Waals surface area (Å²) >= 11 is 0. The highest BCUT2D eigenvalue weighted by Gasteiger charge is 2.26. The molecular weight excluding hydrogens is 394 g/mol. The molecule has 2 aromatic rings. The highest BCUT2D eigenvalue weighted by Crippen LogP contribution is 2.26. The number of nitrogens with one attached hydrogen (secondary N) is 3. The second-order valence-corrected chi connectivity index (χ2v) is 7.74. The Labute approximate surface area is 183 Å². The van der Waals surface area contributed by atoms with Gasteiger partial charge in [0.1, 0.15) is 6.04 Å². The molecule has 0 aliphatic carbocycles. The van der Waals surface area contributed by atoms with E-state index in [1.807, 2.05) is 51.1 Å². The van der Waals surface area contributed by atoms with Gasteiger partial charge in [0.2, 0.25) is 5.91 Å². The number of esters is 1. The maximum Gasteiger partial charge on any atom is 0.328 e. The summed E-state index contributed by atoms with van der Waals surface area (Å²) in [5, 5.41) is 8.34. The number of amides is 3. The number of urea groups is 1. The first-order valence-corrected chi connectivity index (χ1v) is 10.4. The Kier molecular flexibility index (Phi) is 9.06. The summed E-state index contributed by atoms with van der Waals surface area (Å²) in [6.45, 7) is 5.91. The molecule has 0 bridgehead atoms. The fourth-order valence-electron chi connectivity index (χ4n) is 3.22. The minimum atomic E-state index is -0.671. The van der Waals surface area contributed by atoms with Gasteiger partial charge in [-0.1, -0.05) is 51.1 Å². The summed E-state index contributed by atoms with van der Waals surface area (Å²) in [5.41, 5.74) is 2.13. The lowest BCUT2D eigenvalue weighted by Crippen LogP contribution is -2.43. The van der Waals surface area contributed by atoms with Crippen LogP contribution in [0.4, 0.5) is 16.2 Å². The topological polar surface area (TPSA) is 96.5 Å². The largest absolute Gasteiger partial charge is 0.467 e. The van der Waals surface area contributed by atoms with Crippen molar-refractivity contribution in [2.24, 2.45) is 5.92 Å². The second-order valence-electron chi connectivity index (χ2n) is 7.74. The van der Waals surface area contributed by atoms with E-state index in [0.29, 0.717) is 24.2 Å². The van der Waals surface area contributed by atoms with Crippen molar-refractivity contribution in [3.63, 3.8) is 0 Å². The van der Waals surface area contributed by atoms with Crippen LogP contribution in [0, 0.1) is 5.92 Å². The summed E-state index contributed by atoms with van der Waals surface area (Å²) in [7, 11) is 1.31. The molecule has 3 N–H and O–H groups in total. The van der Waals surface area contributed by atoms with E-state index in [0.717, 1.165) is 5.56 Å². The van der Waals surface area contributed by atoms with Crippen LogP contribution in [0.5, 0.6) is 0 Å². The minimum absolute atomic E-state index is 0.214. The van der Waals surface area contributed by atoms with Gasteiger partial charge in [0.15, 0.2) is 0 Å². The van der Waals surface area contributed by atoms with Crippen molar-refractivity contribution in [1.82, 2.24) is 5.32 Å². The zero-order valence-electron chi connectivity index (χ0n) is 18.5. The number of carbonyl (C=O) groups excluding carboxylic acids is 3. The van der Waals surface area contributed by atoms with E-state index in [9.17, 15) is 14.4 Å².